The quantitative estimate of drug-likeness (QED) is 0.660. The monoisotopic (exact) mass is 187 g/mol. The second-order valence-corrected chi connectivity index (χ2v) is 2.63. The molecule has 0 aliphatic heterocycles. The van der Waals surface area contributed by atoms with Crippen LogP contribution in [0.3, 0.4) is 0 Å². The van der Waals surface area contributed by atoms with Gasteiger partial charge in [0, 0.05) is 5.56 Å². The van der Waals surface area contributed by atoms with Gasteiger partial charge in [0.05, 0.1) is 5.56 Å². The van der Waals surface area contributed by atoms with E-state index >= 15 is 0 Å². The fourth-order valence-corrected chi connectivity index (χ4v) is 1.05. The molecule has 0 atom stereocenters. The molecule has 0 unspecified atom stereocenters. The lowest BCUT2D eigenvalue weighted by Crippen LogP contribution is -2.07. The van der Waals surface area contributed by atoms with Crippen molar-refractivity contribution in [2.24, 2.45) is 0 Å². The van der Waals surface area contributed by atoms with E-state index in [1.807, 2.05) is 0 Å². The zero-order chi connectivity index (χ0) is 10.1. The standard InChI is InChI=1S/C9H6F3O/c1-6-4-7(5-13)2-3-8(6)9(10,11)12/h2-4H,1H3. The highest BCUT2D eigenvalue weighted by atomic mass is 19.4. The van der Waals surface area contributed by atoms with Crippen molar-refractivity contribution in [3.05, 3.63) is 34.9 Å². The largest absolute Gasteiger partial charge is 0.416 e. The fraction of sp³-hybridized carbons (Fsp3) is 0.222. The van der Waals surface area contributed by atoms with E-state index in [9.17, 15) is 18.0 Å². The maximum Gasteiger partial charge on any atom is 0.416 e. The number of rotatable bonds is 1. The number of aryl methyl sites for hydroxylation is 1. The number of halogens is 3. The lowest BCUT2D eigenvalue weighted by Gasteiger charge is -2.09. The van der Waals surface area contributed by atoms with Gasteiger partial charge in [0.15, 0.2) is 0 Å². The van der Waals surface area contributed by atoms with Crippen LogP contribution >= 0.6 is 0 Å². The molecule has 0 heterocycles. The van der Waals surface area contributed by atoms with Gasteiger partial charge in [-0.3, -0.25) is 4.79 Å². The smallest absolute Gasteiger partial charge is 0.285 e. The Hall–Kier alpha value is -1.32. The Morgan fingerprint density at radius 1 is 1.31 bits per heavy atom. The summed E-state index contributed by atoms with van der Waals surface area (Å²) in [5, 5.41) is 0. The van der Waals surface area contributed by atoms with Gasteiger partial charge in [-0.25, -0.2) is 0 Å². The molecule has 0 bridgehead atoms. The summed E-state index contributed by atoms with van der Waals surface area (Å²) < 4.78 is 36.6. The summed E-state index contributed by atoms with van der Waals surface area (Å²) in [5.41, 5.74) is -0.551. The Morgan fingerprint density at radius 3 is 2.31 bits per heavy atom. The normalized spacial score (nSPS) is 11.4. The Balaban J connectivity index is 3.20. The van der Waals surface area contributed by atoms with Crippen LogP contribution in [0, 0.1) is 6.92 Å². The van der Waals surface area contributed by atoms with Crippen molar-refractivity contribution >= 4 is 6.29 Å². The minimum atomic E-state index is -4.36. The molecule has 1 aromatic rings. The Labute approximate surface area is 73.2 Å². The molecule has 1 aromatic carbocycles. The number of carbonyl (C=O) groups excluding carboxylic acids is 1. The second kappa shape index (κ2) is 3.20. The van der Waals surface area contributed by atoms with Crippen molar-refractivity contribution < 1.29 is 18.0 Å². The van der Waals surface area contributed by atoms with Gasteiger partial charge in [0.25, 0.3) is 0 Å². The number of hydrogen-bond acceptors (Lipinski definition) is 1. The van der Waals surface area contributed by atoms with Gasteiger partial charge < -0.3 is 0 Å². The van der Waals surface area contributed by atoms with Crippen molar-refractivity contribution in [2.45, 2.75) is 13.1 Å². The molecule has 1 radical (unpaired) electrons. The predicted octanol–water partition coefficient (Wildman–Crippen LogP) is 2.47. The Bertz CT molecular complexity index is 328. The van der Waals surface area contributed by atoms with E-state index in [1.165, 1.54) is 13.2 Å². The SMILES string of the molecule is Cc1cc([C]=O)ccc1C(F)(F)F. The molecule has 1 rings (SSSR count). The van der Waals surface area contributed by atoms with Crippen LogP contribution in [0.25, 0.3) is 0 Å². The molecule has 0 aliphatic carbocycles. The molecule has 0 spiro atoms. The van der Waals surface area contributed by atoms with Crippen LogP contribution in [0.5, 0.6) is 0 Å². The summed E-state index contributed by atoms with van der Waals surface area (Å²) in [6.45, 7) is 1.31. The highest BCUT2D eigenvalue weighted by molar-refractivity contribution is 5.75. The van der Waals surface area contributed by atoms with Crippen LogP contribution in [0.1, 0.15) is 16.7 Å². The summed E-state index contributed by atoms with van der Waals surface area (Å²) in [6.07, 6.45) is -2.83. The van der Waals surface area contributed by atoms with Crippen LogP contribution in [-0.2, 0) is 11.0 Å². The van der Waals surface area contributed by atoms with Crippen molar-refractivity contribution in [1.29, 1.82) is 0 Å². The first-order chi connectivity index (χ1) is 5.95. The van der Waals surface area contributed by atoms with E-state index in [4.69, 9.17) is 0 Å². The summed E-state index contributed by atoms with van der Waals surface area (Å²) in [5.74, 6) is 0. The van der Waals surface area contributed by atoms with Gasteiger partial charge in [0.1, 0.15) is 0 Å². The average Bonchev–Trinajstić information content (AvgIpc) is 2.01. The van der Waals surface area contributed by atoms with Crippen molar-refractivity contribution in [3.8, 4) is 0 Å². The molecule has 0 amide bonds. The first-order valence-corrected chi connectivity index (χ1v) is 3.51. The molecule has 0 aromatic heterocycles. The van der Waals surface area contributed by atoms with Crippen LogP contribution in [0.15, 0.2) is 18.2 Å². The Morgan fingerprint density at radius 2 is 1.92 bits per heavy atom. The van der Waals surface area contributed by atoms with E-state index < -0.39 is 11.7 Å². The number of benzene rings is 1. The molecule has 69 valence electrons. The minimum Gasteiger partial charge on any atom is -0.285 e. The third kappa shape index (κ3) is 2.08. The average molecular weight is 187 g/mol. The summed E-state index contributed by atoms with van der Waals surface area (Å²) in [7, 11) is 0. The number of hydrogen-bond donors (Lipinski definition) is 0. The highest BCUT2D eigenvalue weighted by Gasteiger charge is 2.31. The number of alkyl halides is 3. The van der Waals surface area contributed by atoms with Gasteiger partial charge in [-0.1, -0.05) is 6.07 Å². The van der Waals surface area contributed by atoms with Crippen LogP contribution in [0.2, 0.25) is 0 Å². The molecule has 0 N–H and O–H groups in total. The highest BCUT2D eigenvalue weighted by Crippen LogP contribution is 2.31. The van der Waals surface area contributed by atoms with Gasteiger partial charge in [-0.2, -0.15) is 13.2 Å². The van der Waals surface area contributed by atoms with Crippen molar-refractivity contribution in [1.82, 2.24) is 0 Å². The molecular weight excluding hydrogens is 181 g/mol. The Kier molecular flexibility index (Phi) is 2.40. The first-order valence-electron chi connectivity index (χ1n) is 3.51. The van der Waals surface area contributed by atoms with Crippen LogP contribution in [0.4, 0.5) is 13.2 Å². The van der Waals surface area contributed by atoms with Gasteiger partial charge >= 0.3 is 6.18 Å². The summed E-state index contributed by atoms with van der Waals surface area (Å²) in [4.78, 5) is 10.1. The van der Waals surface area contributed by atoms with Crippen molar-refractivity contribution in [3.63, 3.8) is 0 Å². The van der Waals surface area contributed by atoms with Crippen molar-refractivity contribution in [2.75, 3.05) is 0 Å². The second-order valence-electron chi connectivity index (χ2n) is 2.63. The molecule has 13 heavy (non-hydrogen) atoms. The maximum absolute atomic E-state index is 12.2. The van der Waals surface area contributed by atoms with E-state index in [2.05, 4.69) is 0 Å². The molecule has 0 saturated carbocycles. The molecule has 0 aliphatic rings. The van der Waals surface area contributed by atoms with Gasteiger partial charge in [-0.05, 0) is 24.6 Å². The molecular formula is C9H6F3O. The zero-order valence-corrected chi connectivity index (χ0v) is 6.77. The predicted molar refractivity (Wildman–Crippen MR) is 41.0 cm³/mol. The minimum absolute atomic E-state index is 0.0355. The fourth-order valence-electron chi connectivity index (χ4n) is 1.05. The zero-order valence-electron chi connectivity index (χ0n) is 6.77. The van der Waals surface area contributed by atoms with E-state index in [1.54, 1.807) is 0 Å². The van der Waals surface area contributed by atoms with Crippen LogP contribution in [-0.4, -0.2) is 6.29 Å². The van der Waals surface area contributed by atoms with Crippen LogP contribution < -0.4 is 0 Å². The molecule has 0 fully saturated rings. The van der Waals surface area contributed by atoms with E-state index in [0.29, 0.717) is 0 Å². The summed E-state index contributed by atoms with van der Waals surface area (Å²) >= 11 is 0. The lowest BCUT2D eigenvalue weighted by molar-refractivity contribution is -0.138. The van der Waals surface area contributed by atoms with E-state index in [0.717, 1.165) is 18.2 Å². The van der Waals surface area contributed by atoms with Gasteiger partial charge in [-0.15, -0.1) is 0 Å². The molecule has 0 saturated heterocycles. The first kappa shape index (κ1) is 9.77. The van der Waals surface area contributed by atoms with E-state index in [-0.39, 0.29) is 11.1 Å². The van der Waals surface area contributed by atoms with Gasteiger partial charge in [0.2, 0.25) is 6.29 Å². The maximum atomic E-state index is 12.2. The molecule has 1 nitrogen and oxygen atoms in total. The third-order valence-corrected chi connectivity index (χ3v) is 1.65. The lowest BCUT2D eigenvalue weighted by atomic mass is 10.1. The third-order valence-electron chi connectivity index (χ3n) is 1.65. The summed E-state index contributed by atoms with van der Waals surface area (Å²) in [6, 6.07) is 3.15. The molecule has 4 heteroatoms. The topological polar surface area (TPSA) is 17.1 Å².